The molecule has 0 saturated heterocycles. The smallest absolute Gasteiger partial charge is 0.301 e. The van der Waals surface area contributed by atoms with Gasteiger partial charge in [0.1, 0.15) is 5.75 Å². The van der Waals surface area contributed by atoms with E-state index in [4.69, 9.17) is 4.74 Å². The third-order valence-electron chi connectivity index (χ3n) is 3.66. The molecule has 0 fully saturated rings. The zero-order valence-electron chi connectivity index (χ0n) is 13.7. The Labute approximate surface area is 153 Å². The Hall–Kier alpha value is -2.60. The Morgan fingerprint density at radius 3 is 2.12 bits per heavy atom. The molecule has 0 aliphatic carbocycles. The summed E-state index contributed by atoms with van der Waals surface area (Å²) in [6.07, 6.45) is 0.0288. The first-order chi connectivity index (χ1) is 11.9. The van der Waals surface area contributed by atoms with E-state index in [1.807, 2.05) is 13.8 Å². The predicted molar refractivity (Wildman–Crippen MR) is 98.4 cm³/mol. The molecule has 128 valence electrons. The molecule has 5 nitrogen and oxygen atoms in total. The average Bonchev–Trinajstić information content (AvgIpc) is 2.79. The summed E-state index contributed by atoms with van der Waals surface area (Å²) >= 11 is 3.31. The lowest BCUT2D eigenvalue weighted by Crippen LogP contribution is -2.31. The van der Waals surface area contributed by atoms with Gasteiger partial charge in [-0.15, -0.1) is 0 Å². The number of carbonyl (C=O) groups excluding carboxylic acids is 2. The number of aliphatic hydroxyl groups is 1. The molecule has 2 aromatic carbocycles. The molecule has 2 aromatic rings. The molecule has 1 aliphatic rings. The van der Waals surface area contributed by atoms with Crippen molar-refractivity contribution >= 4 is 39.0 Å². The van der Waals surface area contributed by atoms with E-state index >= 15 is 0 Å². The molecule has 25 heavy (non-hydrogen) atoms. The third-order valence-corrected chi connectivity index (χ3v) is 4.19. The van der Waals surface area contributed by atoms with E-state index in [0.717, 1.165) is 9.37 Å². The fourth-order valence-electron chi connectivity index (χ4n) is 2.58. The van der Waals surface area contributed by atoms with Crippen molar-refractivity contribution in [2.24, 2.45) is 0 Å². The van der Waals surface area contributed by atoms with Crippen LogP contribution in [0.25, 0.3) is 5.57 Å². The Morgan fingerprint density at radius 1 is 0.960 bits per heavy atom. The second-order valence-corrected chi connectivity index (χ2v) is 6.75. The number of nitrogens with zero attached hydrogens (tertiary/aromatic N) is 1. The number of imide groups is 1. The van der Waals surface area contributed by atoms with Gasteiger partial charge in [0.15, 0.2) is 5.76 Å². The number of anilines is 1. The zero-order chi connectivity index (χ0) is 18.1. The number of carbonyl (C=O) groups is 2. The van der Waals surface area contributed by atoms with Crippen LogP contribution in [0.4, 0.5) is 5.69 Å². The molecule has 0 saturated carbocycles. The number of benzene rings is 2. The molecule has 1 aliphatic heterocycles. The van der Waals surface area contributed by atoms with Crippen molar-refractivity contribution in [3.63, 3.8) is 0 Å². The summed E-state index contributed by atoms with van der Waals surface area (Å²) in [7, 11) is 0. The SMILES string of the molecule is CC(C)Oc1ccc(C2=C(O)C(=O)N(c3ccc(Br)cc3)C2=O)cc1. The van der Waals surface area contributed by atoms with Crippen molar-refractivity contribution in [1.82, 2.24) is 0 Å². The van der Waals surface area contributed by atoms with Crippen LogP contribution in [0.5, 0.6) is 5.75 Å². The highest BCUT2D eigenvalue weighted by atomic mass is 79.9. The van der Waals surface area contributed by atoms with Crippen molar-refractivity contribution < 1.29 is 19.4 Å². The largest absolute Gasteiger partial charge is 0.502 e. The maximum Gasteiger partial charge on any atom is 0.301 e. The number of hydrogen-bond acceptors (Lipinski definition) is 4. The van der Waals surface area contributed by atoms with Gasteiger partial charge in [-0.3, -0.25) is 9.59 Å². The van der Waals surface area contributed by atoms with Crippen molar-refractivity contribution in [2.75, 3.05) is 4.90 Å². The van der Waals surface area contributed by atoms with Gasteiger partial charge in [-0.05, 0) is 55.8 Å². The lowest BCUT2D eigenvalue weighted by molar-refractivity contribution is -0.121. The van der Waals surface area contributed by atoms with Crippen molar-refractivity contribution in [1.29, 1.82) is 0 Å². The summed E-state index contributed by atoms with van der Waals surface area (Å²) < 4.78 is 6.39. The van der Waals surface area contributed by atoms with E-state index in [9.17, 15) is 14.7 Å². The van der Waals surface area contributed by atoms with Gasteiger partial charge in [0.2, 0.25) is 0 Å². The average molecular weight is 402 g/mol. The number of aliphatic hydroxyl groups excluding tert-OH is 1. The fourth-order valence-corrected chi connectivity index (χ4v) is 2.84. The molecular formula is C19H16BrNO4. The molecule has 1 N–H and O–H groups in total. The normalized spacial score (nSPS) is 14.6. The summed E-state index contributed by atoms with van der Waals surface area (Å²) in [4.78, 5) is 26.0. The lowest BCUT2D eigenvalue weighted by Gasteiger charge is -2.14. The van der Waals surface area contributed by atoms with Gasteiger partial charge in [-0.25, -0.2) is 4.90 Å². The Kier molecular flexibility index (Phi) is 4.63. The first kappa shape index (κ1) is 17.2. The lowest BCUT2D eigenvalue weighted by atomic mass is 10.1. The maximum absolute atomic E-state index is 12.7. The van der Waals surface area contributed by atoms with Crippen molar-refractivity contribution in [2.45, 2.75) is 20.0 Å². The predicted octanol–water partition coefficient (Wildman–Crippen LogP) is 4.08. The first-order valence-electron chi connectivity index (χ1n) is 7.73. The monoisotopic (exact) mass is 401 g/mol. The van der Waals surface area contributed by atoms with Gasteiger partial charge in [-0.1, -0.05) is 28.1 Å². The van der Waals surface area contributed by atoms with Crippen LogP contribution < -0.4 is 9.64 Å². The molecule has 0 atom stereocenters. The van der Waals surface area contributed by atoms with E-state index in [1.165, 1.54) is 0 Å². The molecule has 0 bridgehead atoms. The van der Waals surface area contributed by atoms with Crippen LogP contribution in [-0.4, -0.2) is 23.0 Å². The summed E-state index contributed by atoms with van der Waals surface area (Å²) in [5.74, 6) is -1.18. The molecule has 0 radical (unpaired) electrons. The minimum absolute atomic E-state index is 0.0102. The van der Waals surface area contributed by atoms with Crippen LogP contribution in [0.1, 0.15) is 19.4 Å². The van der Waals surface area contributed by atoms with Crippen molar-refractivity contribution in [3.05, 3.63) is 64.3 Å². The Morgan fingerprint density at radius 2 is 1.56 bits per heavy atom. The van der Waals surface area contributed by atoms with Crippen LogP contribution in [-0.2, 0) is 9.59 Å². The van der Waals surface area contributed by atoms with E-state index in [2.05, 4.69) is 15.9 Å². The standard InChI is InChI=1S/C19H16BrNO4/c1-11(2)25-15-9-3-12(4-10-15)16-17(22)19(24)21(18(16)23)14-7-5-13(20)6-8-14/h3-11,22H,1-2H3. The second-order valence-electron chi connectivity index (χ2n) is 5.84. The quantitative estimate of drug-likeness (QED) is 0.783. The highest BCUT2D eigenvalue weighted by Crippen LogP contribution is 2.33. The topological polar surface area (TPSA) is 66.8 Å². The minimum atomic E-state index is -0.732. The van der Waals surface area contributed by atoms with Gasteiger partial charge < -0.3 is 9.84 Å². The highest BCUT2D eigenvalue weighted by molar-refractivity contribution is 9.10. The summed E-state index contributed by atoms with van der Waals surface area (Å²) in [6.45, 7) is 3.83. The molecule has 0 unspecified atom stereocenters. The number of halogens is 1. The summed E-state index contributed by atoms with van der Waals surface area (Å²) in [6, 6.07) is 13.4. The van der Waals surface area contributed by atoms with Crippen LogP contribution in [0.3, 0.4) is 0 Å². The van der Waals surface area contributed by atoms with Crippen molar-refractivity contribution in [3.8, 4) is 5.75 Å². The number of ether oxygens (including phenoxy) is 1. The van der Waals surface area contributed by atoms with E-state index in [1.54, 1.807) is 48.5 Å². The minimum Gasteiger partial charge on any atom is -0.502 e. The van der Waals surface area contributed by atoms with Gasteiger partial charge in [0, 0.05) is 4.47 Å². The Balaban J connectivity index is 1.93. The summed E-state index contributed by atoms with van der Waals surface area (Å²) in [5.41, 5.74) is 0.857. The highest BCUT2D eigenvalue weighted by Gasteiger charge is 2.40. The van der Waals surface area contributed by atoms with Crippen LogP contribution in [0, 0.1) is 0 Å². The molecule has 0 aromatic heterocycles. The van der Waals surface area contributed by atoms with Crippen LogP contribution in [0.15, 0.2) is 58.8 Å². The molecule has 0 spiro atoms. The second kappa shape index (κ2) is 6.72. The van der Waals surface area contributed by atoms with Crippen LogP contribution >= 0.6 is 15.9 Å². The third kappa shape index (κ3) is 3.30. The molecule has 2 amide bonds. The van der Waals surface area contributed by atoms with Crippen LogP contribution in [0.2, 0.25) is 0 Å². The first-order valence-corrected chi connectivity index (χ1v) is 8.52. The van der Waals surface area contributed by atoms with Gasteiger partial charge >= 0.3 is 5.91 Å². The number of rotatable bonds is 4. The van der Waals surface area contributed by atoms with E-state index in [-0.39, 0.29) is 11.7 Å². The number of hydrogen-bond donors (Lipinski definition) is 1. The van der Waals surface area contributed by atoms with Gasteiger partial charge in [-0.2, -0.15) is 0 Å². The van der Waals surface area contributed by atoms with E-state index in [0.29, 0.717) is 17.0 Å². The molecule has 1 heterocycles. The van der Waals surface area contributed by atoms with Gasteiger partial charge in [0.05, 0.1) is 17.4 Å². The van der Waals surface area contributed by atoms with Gasteiger partial charge in [0.25, 0.3) is 5.91 Å². The molecule has 6 heteroatoms. The van der Waals surface area contributed by atoms with E-state index < -0.39 is 17.6 Å². The Bertz CT molecular complexity index is 854. The molecule has 3 rings (SSSR count). The maximum atomic E-state index is 12.7. The summed E-state index contributed by atoms with van der Waals surface area (Å²) in [5, 5.41) is 10.2. The number of amides is 2. The molecular weight excluding hydrogens is 386 g/mol. The fraction of sp³-hybridized carbons (Fsp3) is 0.158. The zero-order valence-corrected chi connectivity index (χ0v) is 15.3.